The minimum atomic E-state index is -0.110. The fraction of sp³-hybridized carbons (Fsp3) is 0.333. The van der Waals surface area contributed by atoms with E-state index in [9.17, 15) is 0 Å². The molecule has 0 radical (unpaired) electrons. The van der Waals surface area contributed by atoms with Gasteiger partial charge in [0, 0.05) is 4.47 Å². The van der Waals surface area contributed by atoms with Gasteiger partial charge in [-0.1, -0.05) is 67.0 Å². The maximum absolute atomic E-state index is 6.65. The summed E-state index contributed by atoms with van der Waals surface area (Å²) in [7, 11) is 0. The minimum absolute atomic E-state index is 0.110. The average Bonchev–Trinajstić information content (AvgIpc) is 2.40. The third-order valence-electron chi connectivity index (χ3n) is 3.58. The Balaban J connectivity index is 2.34. The minimum Gasteiger partial charge on any atom is -0.113 e. The summed E-state index contributed by atoms with van der Waals surface area (Å²) in [6.07, 6.45) is 0. The van der Waals surface area contributed by atoms with Crippen molar-refractivity contribution in [2.45, 2.75) is 38.5 Å². The molecule has 2 aromatic rings. The van der Waals surface area contributed by atoms with Gasteiger partial charge in [-0.05, 0) is 46.7 Å². The number of halogens is 2. The summed E-state index contributed by atoms with van der Waals surface area (Å²) < 4.78 is 1.06. The number of rotatable bonds is 2. The van der Waals surface area contributed by atoms with Crippen LogP contribution in [0.4, 0.5) is 0 Å². The van der Waals surface area contributed by atoms with Crippen LogP contribution in [0.5, 0.6) is 0 Å². The molecule has 0 aliphatic carbocycles. The Hall–Kier alpha value is -0.790. The molecule has 0 nitrogen and oxygen atoms in total. The fourth-order valence-corrected chi connectivity index (χ4v) is 2.98. The molecule has 0 amide bonds. The molecule has 2 heteroatoms. The zero-order chi connectivity index (χ0) is 14.9. The first-order valence-corrected chi connectivity index (χ1v) is 8.02. The molecule has 2 rings (SSSR count). The van der Waals surface area contributed by atoms with E-state index in [0.29, 0.717) is 0 Å². The van der Waals surface area contributed by atoms with Gasteiger partial charge < -0.3 is 0 Å². The quantitative estimate of drug-likeness (QED) is 0.550. The Morgan fingerprint density at radius 1 is 1.00 bits per heavy atom. The molecule has 2 aromatic carbocycles. The number of hydrogen-bond acceptors (Lipinski definition) is 0. The van der Waals surface area contributed by atoms with E-state index in [1.165, 1.54) is 11.1 Å². The summed E-state index contributed by atoms with van der Waals surface area (Å²) >= 11 is 10.2. The van der Waals surface area contributed by atoms with Gasteiger partial charge in [0.1, 0.15) is 0 Å². The van der Waals surface area contributed by atoms with Gasteiger partial charge >= 0.3 is 0 Å². The van der Waals surface area contributed by atoms with E-state index in [-0.39, 0.29) is 10.8 Å². The maximum atomic E-state index is 6.65. The molecule has 1 unspecified atom stereocenters. The van der Waals surface area contributed by atoms with Gasteiger partial charge in [0.25, 0.3) is 0 Å². The van der Waals surface area contributed by atoms with E-state index in [0.717, 1.165) is 15.6 Å². The van der Waals surface area contributed by atoms with Crippen LogP contribution in [0, 0.1) is 6.92 Å². The normalized spacial score (nSPS) is 13.3. The molecule has 106 valence electrons. The molecule has 0 aromatic heterocycles. The second-order valence-electron chi connectivity index (χ2n) is 6.24. The number of alkyl halides is 1. The number of benzene rings is 2. The van der Waals surface area contributed by atoms with Crippen molar-refractivity contribution in [3.8, 4) is 0 Å². The molecular weight excluding hydrogens is 332 g/mol. The zero-order valence-corrected chi connectivity index (χ0v) is 14.7. The van der Waals surface area contributed by atoms with Gasteiger partial charge in [0.15, 0.2) is 0 Å². The van der Waals surface area contributed by atoms with Crippen LogP contribution < -0.4 is 0 Å². The van der Waals surface area contributed by atoms with Crippen LogP contribution in [-0.4, -0.2) is 0 Å². The molecule has 0 aliphatic heterocycles. The van der Waals surface area contributed by atoms with Crippen molar-refractivity contribution in [1.82, 2.24) is 0 Å². The molecule has 0 fully saturated rings. The molecule has 0 spiro atoms. The van der Waals surface area contributed by atoms with Crippen LogP contribution in [-0.2, 0) is 5.41 Å². The van der Waals surface area contributed by atoms with Crippen molar-refractivity contribution >= 4 is 27.5 Å². The van der Waals surface area contributed by atoms with E-state index in [1.807, 2.05) is 6.07 Å². The predicted molar refractivity (Wildman–Crippen MR) is 91.7 cm³/mol. The molecule has 0 aliphatic rings. The third-order valence-corrected chi connectivity index (χ3v) is 4.56. The summed E-state index contributed by atoms with van der Waals surface area (Å²) in [6.45, 7) is 8.76. The molecule has 0 saturated heterocycles. The van der Waals surface area contributed by atoms with Crippen LogP contribution in [0.15, 0.2) is 46.9 Å². The highest BCUT2D eigenvalue weighted by molar-refractivity contribution is 9.10. The van der Waals surface area contributed by atoms with E-state index in [1.54, 1.807) is 0 Å². The van der Waals surface area contributed by atoms with Crippen LogP contribution in [0.3, 0.4) is 0 Å². The highest BCUT2D eigenvalue weighted by Crippen LogP contribution is 2.33. The van der Waals surface area contributed by atoms with Crippen molar-refractivity contribution in [3.05, 3.63) is 69.2 Å². The Bertz CT molecular complexity index is 594. The Labute approximate surface area is 135 Å². The summed E-state index contributed by atoms with van der Waals surface area (Å²) in [5, 5.41) is -0.110. The highest BCUT2D eigenvalue weighted by Gasteiger charge is 2.16. The lowest BCUT2D eigenvalue weighted by molar-refractivity contribution is 0.590. The molecular formula is C18H20BrCl. The van der Waals surface area contributed by atoms with Crippen LogP contribution >= 0.6 is 27.5 Å². The first kappa shape index (κ1) is 15.6. The van der Waals surface area contributed by atoms with Crippen LogP contribution in [0.25, 0.3) is 0 Å². The Kier molecular flexibility index (Phi) is 4.61. The van der Waals surface area contributed by atoms with Crippen molar-refractivity contribution < 1.29 is 0 Å². The summed E-state index contributed by atoms with van der Waals surface area (Å²) in [5.74, 6) is 0. The SMILES string of the molecule is Cc1ccc(Br)cc1C(Cl)c1ccc(C(C)(C)C)cc1. The average molecular weight is 352 g/mol. The van der Waals surface area contributed by atoms with Gasteiger partial charge in [-0.25, -0.2) is 0 Å². The number of hydrogen-bond donors (Lipinski definition) is 0. The lowest BCUT2D eigenvalue weighted by atomic mass is 9.86. The first-order chi connectivity index (χ1) is 9.29. The molecule has 0 heterocycles. The molecule has 0 saturated carbocycles. The standard InChI is InChI=1S/C18H20BrCl/c1-12-5-10-15(19)11-16(12)17(20)13-6-8-14(9-7-13)18(2,3)4/h5-11,17H,1-4H3. The Morgan fingerprint density at radius 2 is 1.60 bits per heavy atom. The van der Waals surface area contributed by atoms with Crippen molar-refractivity contribution in [3.63, 3.8) is 0 Å². The van der Waals surface area contributed by atoms with E-state index in [2.05, 4.69) is 80.0 Å². The molecule has 20 heavy (non-hydrogen) atoms. The second-order valence-corrected chi connectivity index (χ2v) is 7.59. The van der Waals surface area contributed by atoms with Gasteiger partial charge in [0.2, 0.25) is 0 Å². The zero-order valence-electron chi connectivity index (χ0n) is 12.4. The first-order valence-electron chi connectivity index (χ1n) is 6.79. The van der Waals surface area contributed by atoms with Crippen LogP contribution in [0.2, 0.25) is 0 Å². The Morgan fingerprint density at radius 3 is 2.15 bits per heavy atom. The van der Waals surface area contributed by atoms with E-state index >= 15 is 0 Å². The molecule has 0 bridgehead atoms. The van der Waals surface area contributed by atoms with Crippen LogP contribution in [0.1, 0.15) is 48.4 Å². The fourth-order valence-electron chi connectivity index (χ4n) is 2.22. The van der Waals surface area contributed by atoms with E-state index < -0.39 is 0 Å². The second kappa shape index (κ2) is 5.91. The maximum Gasteiger partial charge on any atom is 0.0838 e. The summed E-state index contributed by atoms with van der Waals surface area (Å²) in [4.78, 5) is 0. The predicted octanol–water partition coefficient (Wildman–Crippen LogP) is 6.38. The van der Waals surface area contributed by atoms with Crippen molar-refractivity contribution in [1.29, 1.82) is 0 Å². The van der Waals surface area contributed by atoms with Crippen molar-refractivity contribution in [2.24, 2.45) is 0 Å². The lowest BCUT2D eigenvalue weighted by Crippen LogP contribution is -2.10. The summed E-state index contributed by atoms with van der Waals surface area (Å²) in [6, 6.07) is 14.9. The van der Waals surface area contributed by atoms with Gasteiger partial charge in [-0.15, -0.1) is 11.6 Å². The summed E-state index contributed by atoms with van der Waals surface area (Å²) in [5.41, 5.74) is 5.01. The monoisotopic (exact) mass is 350 g/mol. The van der Waals surface area contributed by atoms with E-state index in [4.69, 9.17) is 11.6 Å². The van der Waals surface area contributed by atoms with Gasteiger partial charge in [-0.2, -0.15) is 0 Å². The lowest BCUT2D eigenvalue weighted by Gasteiger charge is -2.20. The third kappa shape index (κ3) is 3.45. The highest BCUT2D eigenvalue weighted by atomic mass is 79.9. The topological polar surface area (TPSA) is 0 Å². The molecule has 0 N–H and O–H groups in total. The van der Waals surface area contributed by atoms with Gasteiger partial charge in [-0.3, -0.25) is 0 Å². The van der Waals surface area contributed by atoms with Gasteiger partial charge in [0.05, 0.1) is 5.38 Å². The number of aryl methyl sites for hydroxylation is 1. The smallest absolute Gasteiger partial charge is 0.0838 e. The largest absolute Gasteiger partial charge is 0.113 e. The molecule has 1 atom stereocenters. The van der Waals surface area contributed by atoms with Crippen molar-refractivity contribution in [2.75, 3.05) is 0 Å².